The fourth-order valence-corrected chi connectivity index (χ4v) is 4.05. The Labute approximate surface area is 159 Å². The van der Waals surface area contributed by atoms with Crippen LogP contribution in [0.4, 0.5) is 0 Å². The fraction of sp³-hybridized carbons (Fsp3) is 0.150. The van der Waals surface area contributed by atoms with E-state index in [9.17, 15) is 8.42 Å². The van der Waals surface area contributed by atoms with Crippen molar-refractivity contribution in [1.82, 2.24) is 14.3 Å². The van der Waals surface area contributed by atoms with Gasteiger partial charge in [0.2, 0.25) is 0 Å². The monoisotopic (exact) mass is 380 g/mol. The fourth-order valence-electron chi connectivity index (χ4n) is 2.66. The molecule has 0 amide bonds. The maximum absolute atomic E-state index is 13.1. The lowest BCUT2D eigenvalue weighted by molar-refractivity contribution is 0.421. The summed E-state index contributed by atoms with van der Waals surface area (Å²) in [6.07, 6.45) is 4.55. The second-order valence-corrected chi connectivity index (χ2v) is 7.80. The maximum atomic E-state index is 13.1. The van der Waals surface area contributed by atoms with E-state index in [1.54, 1.807) is 55.7 Å². The molecule has 27 heavy (non-hydrogen) atoms. The number of hydrogen-bond acceptors (Lipinski definition) is 5. The highest BCUT2D eigenvalue weighted by atomic mass is 32.2. The molecule has 0 atom stereocenters. The van der Waals surface area contributed by atoms with Crippen molar-refractivity contribution in [3.8, 4) is 11.3 Å². The van der Waals surface area contributed by atoms with E-state index in [0.29, 0.717) is 12.2 Å². The van der Waals surface area contributed by atoms with Gasteiger partial charge in [0.1, 0.15) is 0 Å². The summed E-state index contributed by atoms with van der Waals surface area (Å²) in [6.45, 7) is 2.41. The largest absolute Gasteiger partial charge is 0.308 e. The van der Waals surface area contributed by atoms with Gasteiger partial charge in [-0.1, -0.05) is 37.3 Å². The van der Waals surface area contributed by atoms with Crippen molar-refractivity contribution in [2.45, 2.75) is 18.5 Å². The average Bonchev–Trinajstić information content (AvgIpc) is 2.73. The van der Waals surface area contributed by atoms with E-state index >= 15 is 0 Å². The summed E-state index contributed by atoms with van der Waals surface area (Å²) < 4.78 is 27.5. The molecule has 0 radical (unpaired) electrons. The van der Waals surface area contributed by atoms with Crippen LogP contribution in [-0.2, 0) is 16.6 Å². The normalized spacial score (nSPS) is 11.5. The third kappa shape index (κ3) is 4.27. The molecule has 0 spiro atoms. The number of pyridine rings is 2. The highest BCUT2D eigenvalue weighted by Crippen LogP contribution is 2.22. The summed E-state index contributed by atoms with van der Waals surface area (Å²) >= 11 is 0. The lowest BCUT2D eigenvalue weighted by Crippen LogP contribution is -2.31. The zero-order valence-corrected chi connectivity index (χ0v) is 15.7. The first kappa shape index (κ1) is 18.9. The Balaban J connectivity index is 1.92. The summed E-state index contributed by atoms with van der Waals surface area (Å²) in [4.78, 5) is 8.34. The standard InChI is InChI=1S/C20H20N4O2S/c1-2-24(15-17-10-12-22-13-11-17)27(25,26)20-5-3-4-19(23-20)18-8-6-16(14-21)7-9-18/h3-14,21H,2,15H2,1H3. The molecular weight excluding hydrogens is 360 g/mol. The van der Waals surface area contributed by atoms with E-state index in [-0.39, 0.29) is 11.6 Å². The Morgan fingerprint density at radius 1 is 1.04 bits per heavy atom. The van der Waals surface area contributed by atoms with Crippen LogP contribution in [0.5, 0.6) is 0 Å². The van der Waals surface area contributed by atoms with Gasteiger partial charge in [-0.15, -0.1) is 0 Å². The second-order valence-electron chi connectivity index (χ2n) is 5.91. The molecule has 0 aliphatic heterocycles. The van der Waals surface area contributed by atoms with E-state index in [1.165, 1.54) is 16.6 Å². The third-order valence-corrected chi connectivity index (χ3v) is 5.98. The Morgan fingerprint density at radius 3 is 2.37 bits per heavy atom. The Hall–Kier alpha value is -2.90. The highest BCUT2D eigenvalue weighted by molar-refractivity contribution is 7.89. The minimum absolute atomic E-state index is 0.0204. The number of nitrogens with one attached hydrogen (secondary N) is 1. The summed E-state index contributed by atoms with van der Waals surface area (Å²) in [6, 6.07) is 15.8. The highest BCUT2D eigenvalue weighted by Gasteiger charge is 2.25. The summed E-state index contributed by atoms with van der Waals surface area (Å²) in [5.41, 5.74) is 3.02. The lowest BCUT2D eigenvalue weighted by Gasteiger charge is -2.20. The van der Waals surface area contributed by atoms with Gasteiger partial charge in [0, 0.05) is 37.3 Å². The number of nitrogens with zero attached hydrogens (tertiary/aromatic N) is 3. The number of sulfonamides is 1. The quantitative estimate of drug-likeness (QED) is 0.637. The van der Waals surface area contributed by atoms with Crippen LogP contribution in [0.15, 0.2) is 72.0 Å². The van der Waals surface area contributed by atoms with Crippen LogP contribution < -0.4 is 0 Å². The van der Waals surface area contributed by atoms with Crippen molar-refractivity contribution < 1.29 is 8.42 Å². The minimum atomic E-state index is -3.73. The molecule has 1 N–H and O–H groups in total. The van der Waals surface area contributed by atoms with Gasteiger partial charge in [0.25, 0.3) is 10.0 Å². The first-order chi connectivity index (χ1) is 13.0. The van der Waals surface area contributed by atoms with Gasteiger partial charge in [-0.3, -0.25) is 4.98 Å². The number of benzene rings is 1. The van der Waals surface area contributed by atoms with Gasteiger partial charge in [-0.05, 0) is 35.4 Å². The first-order valence-electron chi connectivity index (χ1n) is 8.51. The van der Waals surface area contributed by atoms with Crippen molar-refractivity contribution in [3.63, 3.8) is 0 Å². The van der Waals surface area contributed by atoms with Crippen LogP contribution >= 0.6 is 0 Å². The summed E-state index contributed by atoms with van der Waals surface area (Å²) in [5.74, 6) is 0. The van der Waals surface area contributed by atoms with Crippen LogP contribution in [-0.4, -0.2) is 35.5 Å². The van der Waals surface area contributed by atoms with Crippen molar-refractivity contribution in [1.29, 1.82) is 5.41 Å². The Bertz CT molecular complexity index is 1020. The minimum Gasteiger partial charge on any atom is -0.308 e. The van der Waals surface area contributed by atoms with Crippen LogP contribution in [0.1, 0.15) is 18.1 Å². The van der Waals surface area contributed by atoms with E-state index in [1.807, 2.05) is 12.1 Å². The predicted molar refractivity (Wildman–Crippen MR) is 105 cm³/mol. The van der Waals surface area contributed by atoms with E-state index in [0.717, 1.165) is 16.7 Å². The molecule has 0 bridgehead atoms. The summed E-state index contributed by atoms with van der Waals surface area (Å²) in [7, 11) is -3.73. The molecule has 7 heteroatoms. The topological polar surface area (TPSA) is 87.0 Å². The van der Waals surface area contributed by atoms with Gasteiger partial charge in [0.05, 0.1) is 5.69 Å². The molecule has 0 saturated heterocycles. The van der Waals surface area contributed by atoms with E-state index < -0.39 is 10.0 Å². The molecular formula is C20H20N4O2S. The zero-order chi connectivity index (χ0) is 19.3. The van der Waals surface area contributed by atoms with Gasteiger partial charge >= 0.3 is 0 Å². The molecule has 1 aromatic carbocycles. The second kappa shape index (κ2) is 8.20. The van der Waals surface area contributed by atoms with E-state index in [2.05, 4.69) is 9.97 Å². The van der Waals surface area contributed by atoms with Gasteiger partial charge in [-0.2, -0.15) is 4.31 Å². The summed E-state index contributed by atoms with van der Waals surface area (Å²) in [5, 5.41) is 7.29. The van der Waals surface area contributed by atoms with Crippen LogP contribution in [0, 0.1) is 5.41 Å². The molecule has 6 nitrogen and oxygen atoms in total. The van der Waals surface area contributed by atoms with Crippen LogP contribution in [0.2, 0.25) is 0 Å². The molecule has 138 valence electrons. The maximum Gasteiger partial charge on any atom is 0.260 e. The van der Waals surface area contributed by atoms with Gasteiger partial charge in [0.15, 0.2) is 5.03 Å². The number of hydrogen-bond donors (Lipinski definition) is 1. The lowest BCUT2D eigenvalue weighted by atomic mass is 10.1. The van der Waals surface area contributed by atoms with E-state index in [4.69, 9.17) is 5.41 Å². The van der Waals surface area contributed by atoms with Crippen molar-refractivity contribution in [2.75, 3.05) is 6.54 Å². The van der Waals surface area contributed by atoms with Crippen molar-refractivity contribution in [2.24, 2.45) is 0 Å². The molecule has 3 aromatic rings. The van der Waals surface area contributed by atoms with Gasteiger partial charge in [-0.25, -0.2) is 13.4 Å². The Morgan fingerprint density at radius 2 is 1.74 bits per heavy atom. The molecule has 0 saturated carbocycles. The zero-order valence-electron chi connectivity index (χ0n) is 14.9. The number of aromatic nitrogens is 2. The average molecular weight is 380 g/mol. The Kier molecular flexibility index (Phi) is 5.73. The molecule has 0 aliphatic rings. The molecule has 2 aromatic heterocycles. The first-order valence-corrected chi connectivity index (χ1v) is 9.95. The molecule has 0 fully saturated rings. The molecule has 0 aliphatic carbocycles. The van der Waals surface area contributed by atoms with Crippen LogP contribution in [0.25, 0.3) is 11.3 Å². The molecule has 3 rings (SSSR count). The molecule has 0 unspecified atom stereocenters. The predicted octanol–water partition coefficient (Wildman–Crippen LogP) is 3.35. The SMILES string of the molecule is CCN(Cc1ccncc1)S(=O)(=O)c1cccc(-c2ccc(C=N)cc2)n1. The van der Waals surface area contributed by atoms with Crippen molar-refractivity contribution in [3.05, 3.63) is 78.1 Å². The third-order valence-electron chi connectivity index (χ3n) is 4.16. The molecule has 2 heterocycles. The smallest absolute Gasteiger partial charge is 0.260 e. The van der Waals surface area contributed by atoms with Crippen molar-refractivity contribution >= 4 is 16.2 Å². The number of rotatable bonds is 7. The van der Waals surface area contributed by atoms with Gasteiger partial charge < -0.3 is 5.41 Å². The van der Waals surface area contributed by atoms with Crippen LogP contribution in [0.3, 0.4) is 0 Å².